The Bertz CT molecular complexity index is 988. The number of thioether (sulfide) groups is 1. The van der Waals surface area contributed by atoms with Gasteiger partial charge in [-0.15, -0.1) is 10.2 Å². The van der Waals surface area contributed by atoms with E-state index in [0.29, 0.717) is 15.9 Å². The van der Waals surface area contributed by atoms with Gasteiger partial charge >= 0.3 is 5.56 Å². The highest BCUT2D eigenvalue weighted by atomic mass is 35.5. The number of rotatable bonds is 5. The first-order valence-corrected chi connectivity index (χ1v) is 9.27. The van der Waals surface area contributed by atoms with Crippen molar-refractivity contribution in [1.29, 1.82) is 0 Å². The highest BCUT2D eigenvalue weighted by molar-refractivity contribution is 7.98. The molecule has 3 rings (SSSR count). The number of hydrogen-bond donors (Lipinski definition) is 2. The molecule has 0 saturated carbocycles. The van der Waals surface area contributed by atoms with Crippen LogP contribution in [-0.2, 0) is 5.75 Å². The van der Waals surface area contributed by atoms with Crippen LogP contribution in [0.3, 0.4) is 0 Å². The lowest BCUT2D eigenvalue weighted by Gasteiger charge is -2.11. The summed E-state index contributed by atoms with van der Waals surface area (Å²) in [6, 6.07) is 13.3. The molecule has 0 bridgehead atoms. The molecule has 8 heteroatoms. The number of nitrogens with zero attached hydrogens (tertiary/aromatic N) is 3. The zero-order chi connectivity index (χ0) is 18.7. The molecule has 0 spiro atoms. The molecule has 2 aromatic carbocycles. The van der Waals surface area contributed by atoms with Gasteiger partial charge < -0.3 is 11.2 Å². The monoisotopic (exact) mass is 387 g/mol. The highest BCUT2D eigenvalue weighted by Crippen LogP contribution is 2.22. The number of nitrogens with two attached hydrogens (primary N) is 1. The standard InChI is InChI=1S/C18H18ClN5OS/c1-11-4-3-5-15(12(11)2)21-16-17(25)24(20)18(23-22-16)26-10-13-6-8-14(19)9-7-13/h3-9H,10,20H2,1-2H3,(H,21,22). The average Bonchev–Trinajstić information content (AvgIpc) is 2.63. The topological polar surface area (TPSA) is 85.8 Å². The number of anilines is 2. The van der Waals surface area contributed by atoms with E-state index in [9.17, 15) is 4.79 Å². The SMILES string of the molecule is Cc1cccc(Nc2nnc(SCc3ccc(Cl)cc3)n(N)c2=O)c1C. The fourth-order valence-corrected chi connectivity index (χ4v) is 3.24. The van der Waals surface area contributed by atoms with Crippen molar-refractivity contribution < 1.29 is 0 Å². The minimum absolute atomic E-state index is 0.0945. The summed E-state index contributed by atoms with van der Waals surface area (Å²) in [6.07, 6.45) is 0. The summed E-state index contributed by atoms with van der Waals surface area (Å²) in [5, 5.41) is 12.1. The summed E-state index contributed by atoms with van der Waals surface area (Å²) in [4.78, 5) is 12.5. The van der Waals surface area contributed by atoms with Gasteiger partial charge in [0.25, 0.3) is 0 Å². The van der Waals surface area contributed by atoms with Gasteiger partial charge in [0.1, 0.15) is 0 Å². The predicted octanol–water partition coefficient (Wildman–Crippen LogP) is 3.66. The van der Waals surface area contributed by atoms with Gasteiger partial charge in [0, 0.05) is 16.5 Å². The summed E-state index contributed by atoms with van der Waals surface area (Å²) >= 11 is 7.21. The lowest BCUT2D eigenvalue weighted by Crippen LogP contribution is -2.32. The Hall–Kier alpha value is -2.51. The van der Waals surface area contributed by atoms with Gasteiger partial charge in [-0.25, -0.2) is 0 Å². The molecule has 3 N–H and O–H groups in total. The number of nitrogens with one attached hydrogen (secondary N) is 1. The minimum atomic E-state index is -0.431. The second kappa shape index (κ2) is 7.80. The summed E-state index contributed by atoms with van der Waals surface area (Å²) < 4.78 is 1.01. The largest absolute Gasteiger partial charge is 0.334 e. The second-order valence-electron chi connectivity index (χ2n) is 5.79. The molecule has 0 radical (unpaired) electrons. The third kappa shape index (κ3) is 4.00. The molecule has 0 aliphatic carbocycles. The predicted molar refractivity (Wildman–Crippen MR) is 107 cm³/mol. The van der Waals surface area contributed by atoms with E-state index in [2.05, 4.69) is 15.5 Å². The van der Waals surface area contributed by atoms with E-state index in [0.717, 1.165) is 27.1 Å². The van der Waals surface area contributed by atoms with Crippen molar-refractivity contribution in [2.45, 2.75) is 24.8 Å². The van der Waals surface area contributed by atoms with E-state index >= 15 is 0 Å². The van der Waals surface area contributed by atoms with Crippen LogP contribution < -0.4 is 16.7 Å². The van der Waals surface area contributed by atoms with Crippen LogP contribution in [0.1, 0.15) is 16.7 Å². The number of aryl methyl sites for hydroxylation is 1. The van der Waals surface area contributed by atoms with Gasteiger partial charge in [-0.1, -0.05) is 47.6 Å². The van der Waals surface area contributed by atoms with E-state index in [-0.39, 0.29) is 5.82 Å². The van der Waals surface area contributed by atoms with Gasteiger partial charge in [0.05, 0.1) is 0 Å². The van der Waals surface area contributed by atoms with E-state index < -0.39 is 5.56 Å². The Balaban J connectivity index is 1.79. The molecule has 0 aliphatic rings. The van der Waals surface area contributed by atoms with Gasteiger partial charge in [-0.3, -0.25) is 4.79 Å². The molecule has 26 heavy (non-hydrogen) atoms. The Morgan fingerprint density at radius 3 is 2.62 bits per heavy atom. The second-order valence-corrected chi connectivity index (χ2v) is 7.17. The van der Waals surface area contributed by atoms with Crippen LogP contribution in [-0.4, -0.2) is 14.9 Å². The van der Waals surface area contributed by atoms with E-state index in [1.807, 2.05) is 56.3 Å². The Morgan fingerprint density at radius 2 is 1.88 bits per heavy atom. The van der Waals surface area contributed by atoms with Crippen molar-refractivity contribution >= 4 is 34.9 Å². The maximum atomic E-state index is 12.5. The Morgan fingerprint density at radius 1 is 1.15 bits per heavy atom. The van der Waals surface area contributed by atoms with Gasteiger partial charge in [-0.2, -0.15) is 4.68 Å². The quantitative estimate of drug-likeness (QED) is 0.513. The maximum absolute atomic E-state index is 12.5. The number of halogens is 1. The molecular weight excluding hydrogens is 370 g/mol. The van der Waals surface area contributed by atoms with Gasteiger partial charge in [0.2, 0.25) is 11.0 Å². The first kappa shape index (κ1) is 18.3. The maximum Gasteiger partial charge on any atom is 0.315 e. The fraction of sp³-hybridized carbons (Fsp3) is 0.167. The molecule has 0 unspecified atom stereocenters. The molecular formula is C18H18ClN5OS. The minimum Gasteiger partial charge on any atom is -0.334 e. The Labute approximate surface area is 160 Å². The lowest BCUT2D eigenvalue weighted by molar-refractivity contribution is 0.705. The third-order valence-corrected chi connectivity index (χ3v) is 5.27. The van der Waals surface area contributed by atoms with Crippen LogP contribution in [0.25, 0.3) is 0 Å². The molecule has 1 aromatic heterocycles. The first-order chi connectivity index (χ1) is 12.5. The molecule has 0 fully saturated rings. The van der Waals surface area contributed by atoms with Crippen molar-refractivity contribution in [2.24, 2.45) is 0 Å². The number of nitrogen functional groups attached to an aromatic ring is 1. The molecule has 0 saturated heterocycles. The summed E-state index contributed by atoms with van der Waals surface area (Å²) in [5.74, 6) is 6.61. The molecule has 1 heterocycles. The van der Waals surface area contributed by atoms with E-state index in [4.69, 9.17) is 17.4 Å². The van der Waals surface area contributed by atoms with Crippen molar-refractivity contribution in [2.75, 3.05) is 11.2 Å². The van der Waals surface area contributed by atoms with Crippen LogP contribution >= 0.6 is 23.4 Å². The molecule has 134 valence electrons. The Kier molecular flexibility index (Phi) is 5.49. The summed E-state index contributed by atoms with van der Waals surface area (Å²) in [5.41, 5.74) is 3.58. The van der Waals surface area contributed by atoms with Crippen LogP contribution in [0.2, 0.25) is 5.02 Å². The summed E-state index contributed by atoms with van der Waals surface area (Å²) in [6.45, 7) is 3.98. The molecule has 0 atom stereocenters. The highest BCUT2D eigenvalue weighted by Gasteiger charge is 2.12. The number of benzene rings is 2. The first-order valence-electron chi connectivity index (χ1n) is 7.91. The average molecular weight is 388 g/mol. The zero-order valence-corrected chi connectivity index (χ0v) is 15.9. The van der Waals surface area contributed by atoms with Crippen LogP contribution in [0.4, 0.5) is 11.5 Å². The molecule has 0 amide bonds. The summed E-state index contributed by atoms with van der Waals surface area (Å²) in [7, 11) is 0. The lowest BCUT2D eigenvalue weighted by atomic mass is 10.1. The normalized spacial score (nSPS) is 10.7. The van der Waals surface area contributed by atoms with Crippen molar-refractivity contribution in [3.8, 4) is 0 Å². The van der Waals surface area contributed by atoms with Crippen LogP contribution in [0.5, 0.6) is 0 Å². The third-order valence-electron chi connectivity index (χ3n) is 4.00. The molecule has 0 aliphatic heterocycles. The smallest absolute Gasteiger partial charge is 0.315 e. The number of aromatic nitrogens is 3. The van der Waals surface area contributed by atoms with Crippen LogP contribution in [0, 0.1) is 13.8 Å². The molecule has 3 aromatic rings. The van der Waals surface area contributed by atoms with Crippen molar-refractivity contribution in [3.63, 3.8) is 0 Å². The van der Waals surface area contributed by atoms with E-state index in [1.165, 1.54) is 11.8 Å². The van der Waals surface area contributed by atoms with Crippen molar-refractivity contribution in [3.05, 3.63) is 74.5 Å². The van der Waals surface area contributed by atoms with E-state index in [1.54, 1.807) is 0 Å². The number of hydrogen-bond acceptors (Lipinski definition) is 6. The van der Waals surface area contributed by atoms with Crippen molar-refractivity contribution in [1.82, 2.24) is 14.9 Å². The van der Waals surface area contributed by atoms with Crippen LogP contribution in [0.15, 0.2) is 52.4 Å². The zero-order valence-electron chi connectivity index (χ0n) is 14.4. The van der Waals surface area contributed by atoms with Gasteiger partial charge in [-0.05, 0) is 48.7 Å². The molecule has 6 nitrogen and oxygen atoms in total. The van der Waals surface area contributed by atoms with Gasteiger partial charge in [0.15, 0.2) is 0 Å². The fourth-order valence-electron chi connectivity index (χ4n) is 2.30.